The van der Waals surface area contributed by atoms with Gasteiger partial charge in [-0.05, 0) is 31.2 Å². The van der Waals surface area contributed by atoms with Gasteiger partial charge in [-0.2, -0.15) is 0 Å². The molecule has 0 aromatic heterocycles. The highest BCUT2D eigenvalue weighted by atomic mass is 16.5. The quantitative estimate of drug-likeness (QED) is 0.761. The molecule has 0 aliphatic rings. The van der Waals surface area contributed by atoms with Crippen LogP contribution in [0.3, 0.4) is 0 Å². The van der Waals surface area contributed by atoms with Gasteiger partial charge in [0.25, 0.3) is 0 Å². The molecule has 2 N–H and O–H groups in total. The Labute approximate surface area is 98.7 Å². The van der Waals surface area contributed by atoms with Crippen LogP contribution in [0.25, 0.3) is 0 Å². The van der Waals surface area contributed by atoms with E-state index in [1.807, 2.05) is 6.92 Å². The van der Waals surface area contributed by atoms with Gasteiger partial charge in [-0.15, -0.1) is 0 Å². The summed E-state index contributed by atoms with van der Waals surface area (Å²) in [4.78, 5) is 21.4. The van der Waals surface area contributed by atoms with E-state index in [-0.39, 0.29) is 0 Å². The van der Waals surface area contributed by atoms with Gasteiger partial charge in [0.2, 0.25) is 5.91 Å². The lowest BCUT2D eigenvalue weighted by molar-refractivity contribution is -0.131. The maximum Gasteiger partial charge on any atom is 0.328 e. The third-order valence-corrected chi connectivity index (χ3v) is 1.81. The minimum Gasteiger partial charge on any atom is -0.494 e. The Bertz CT molecular complexity index is 423. The second-order valence-corrected chi connectivity index (χ2v) is 3.12. The summed E-state index contributed by atoms with van der Waals surface area (Å²) in [6.07, 6.45) is 1.74. The molecule has 5 heteroatoms. The van der Waals surface area contributed by atoms with Crippen LogP contribution in [-0.4, -0.2) is 23.6 Å². The van der Waals surface area contributed by atoms with E-state index >= 15 is 0 Å². The standard InChI is InChI=1S/C12H13NO4/c1-2-17-10-5-3-9(4-6-10)13-11(14)7-8-12(15)16/h3-8H,2H2,1H3,(H,13,14)(H,15,16). The van der Waals surface area contributed by atoms with Crippen molar-refractivity contribution in [3.63, 3.8) is 0 Å². The van der Waals surface area contributed by atoms with E-state index in [1.54, 1.807) is 24.3 Å². The van der Waals surface area contributed by atoms with Crippen molar-refractivity contribution >= 4 is 17.6 Å². The first-order chi connectivity index (χ1) is 8.11. The van der Waals surface area contributed by atoms with Crippen LogP contribution in [0.15, 0.2) is 36.4 Å². The number of carbonyl (C=O) groups excluding carboxylic acids is 1. The Kier molecular flexibility index (Phi) is 4.75. The van der Waals surface area contributed by atoms with Crippen molar-refractivity contribution in [3.05, 3.63) is 36.4 Å². The molecule has 1 aromatic carbocycles. The number of nitrogens with one attached hydrogen (secondary N) is 1. The van der Waals surface area contributed by atoms with Crippen LogP contribution in [0.2, 0.25) is 0 Å². The smallest absolute Gasteiger partial charge is 0.328 e. The Balaban J connectivity index is 2.57. The lowest BCUT2D eigenvalue weighted by Gasteiger charge is -2.05. The minimum atomic E-state index is -1.16. The summed E-state index contributed by atoms with van der Waals surface area (Å²) in [5.74, 6) is -0.935. The van der Waals surface area contributed by atoms with E-state index in [9.17, 15) is 9.59 Å². The minimum absolute atomic E-state index is 0.489. The van der Waals surface area contributed by atoms with E-state index in [0.29, 0.717) is 18.0 Å². The van der Waals surface area contributed by atoms with E-state index in [1.165, 1.54) is 0 Å². The number of amides is 1. The molecule has 0 fully saturated rings. The zero-order valence-electron chi connectivity index (χ0n) is 9.34. The molecule has 5 nitrogen and oxygen atoms in total. The normalized spacial score (nSPS) is 10.2. The zero-order valence-corrected chi connectivity index (χ0v) is 9.34. The maximum atomic E-state index is 11.2. The first kappa shape index (κ1) is 12.8. The SMILES string of the molecule is CCOc1ccc(NC(=O)C=CC(=O)O)cc1. The molecule has 17 heavy (non-hydrogen) atoms. The number of anilines is 1. The van der Waals surface area contributed by atoms with Crippen molar-refractivity contribution in [2.24, 2.45) is 0 Å². The van der Waals surface area contributed by atoms with Crippen LogP contribution in [0.4, 0.5) is 5.69 Å². The molecule has 1 amide bonds. The van der Waals surface area contributed by atoms with Gasteiger partial charge in [0.05, 0.1) is 6.61 Å². The predicted molar refractivity (Wildman–Crippen MR) is 63.0 cm³/mol. The highest BCUT2D eigenvalue weighted by molar-refractivity contribution is 6.02. The molecule has 0 heterocycles. The van der Waals surface area contributed by atoms with Crippen LogP contribution in [0.5, 0.6) is 5.75 Å². The Morgan fingerprint density at radius 1 is 1.29 bits per heavy atom. The first-order valence-electron chi connectivity index (χ1n) is 5.06. The Morgan fingerprint density at radius 2 is 1.94 bits per heavy atom. The number of hydrogen-bond acceptors (Lipinski definition) is 3. The molecular weight excluding hydrogens is 222 g/mol. The van der Waals surface area contributed by atoms with Crippen LogP contribution < -0.4 is 10.1 Å². The fourth-order valence-electron chi connectivity index (χ4n) is 1.13. The number of aliphatic carboxylic acids is 1. The molecule has 0 bridgehead atoms. The number of rotatable bonds is 5. The molecule has 0 saturated heterocycles. The summed E-state index contributed by atoms with van der Waals surface area (Å²) in [6, 6.07) is 6.80. The van der Waals surface area contributed by atoms with E-state index in [4.69, 9.17) is 9.84 Å². The number of hydrogen-bond donors (Lipinski definition) is 2. The first-order valence-corrected chi connectivity index (χ1v) is 5.06. The lowest BCUT2D eigenvalue weighted by Crippen LogP contribution is -2.08. The van der Waals surface area contributed by atoms with Gasteiger partial charge >= 0.3 is 5.97 Å². The molecule has 0 unspecified atom stereocenters. The molecule has 1 aromatic rings. The fraction of sp³-hybridized carbons (Fsp3) is 0.167. The van der Waals surface area contributed by atoms with Gasteiger partial charge in [-0.3, -0.25) is 4.79 Å². The third-order valence-electron chi connectivity index (χ3n) is 1.81. The number of carboxylic acids is 1. The molecule has 0 spiro atoms. The molecule has 0 radical (unpaired) electrons. The van der Waals surface area contributed by atoms with Gasteiger partial charge in [-0.1, -0.05) is 0 Å². The van der Waals surface area contributed by atoms with Crippen molar-refractivity contribution in [1.29, 1.82) is 0 Å². The molecular formula is C12H13NO4. The molecule has 0 aliphatic carbocycles. The summed E-state index contributed by atoms with van der Waals surface area (Å²) >= 11 is 0. The molecule has 0 atom stereocenters. The molecule has 0 saturated carbocycles. The van der Waals surface area contributed by atoms with Gasteiger partial charge in [0.15, 0.2) is 0 Å². The van der Waals surface area contributed by atoms with Crippen LogP contribution in [-0.2, 0) is 9.59 Å². The Hall–Kier alpha value is -2.30. The number of carboxylic acid groups (broad SMARTS) is 1. The highest BCUT2D eigenvalue weighted by Crippen LogP contribution is 2.15. The van der Waals surface area contributed by atoms with Gasteiger partial charge in [0.1, 0.15) is 5.75 Å². The van der Waals surface area contributed by atoms with Gasteiger partial charge < -0.3 is 15.2 Å². The number of benzene rings is 1. The second kappa shape index (κ2) is 6.32. The topological polar surface area (TPSA) is 75.6 Å². The summed E-state index contributed by atoms with van der Waals surface area (Å²) < 4.78 is 5.24. The van der Waals surface area contributed by atoms with E-state index < -0.39 is 11.9 Å². The monoisotopic (exact) mass is 235 g/mol. The van der Waals surface area contributed by atoms with E-state index in [0.717, 1.165) is 12.2 Å². The lowest BCUT2D eigenvalue weighted by atomic mass is 10.3. The molecule has 0 aliphatic heterocycles. The third kappa shape index (κ3) is 4.83. The highest BCUT2D eigenvalue weighted by Gasteiger charge is 1.99. The van der Waals surface area contributed by atoms with E-state index in [2.05, 4.69) is 5.32 Å². The van der Waals surface area contributed by atoms with Crippen LogP contribution in [0.1, 0.15) is 6.92 Å². The molecule has 1 rings (SSSR count). The fourth-order valence-corrected chi connectivity index (χ4v) is 1.13. The molecule has 90 valence electrons. The van der Waals surface area contributed by atoms with Crippen molar-refractivity contribution in [2.45, 2.75) is 6.92 Å². The van der Waals surface area contributed by atoms with Crippen LogP contribution in [0, 0.1) is 0 Å². The largest absolute Gasteiger partial charge is 0.494 e. The van der Waals surface area contributed by atoms with Crippen molar-refractivity contribution < 1.29 is 19.4 Å². The Morgan fingerprint density at radius 3 is 2.47 bits per heavy atom. The van der Waals surface area contributed by atoms with Gasteiger partial charge in [-0.25, -0.2) is 4.79 Å². The van der Waals surface area contributed by atoms with Crippen LogP contribution >= 0.6 is 0 Å². The average Bonchev–Trinajstić information content (AvgIpc) is 2.29. The van der Waals surface area contributed by atoms with Crippen molar-refractivity contribution in [2.75, 3.05) is 11.9 Å². The maximum absolute atomic E-state index is 11.2. The zero-order chi connectivity index (χ0) is 12.7. The summed E-state index contributed by atoms with van der Waals surface area (Å²) in [5, 5.41) is 10.9. The predicted octanol–water partition coefficient (Wildman–Crippen LogP) is 1.66. The number of ether oxygens (including phenoxy) is 1. The summed E-state index contributed by atoms with van der Waals surface area (Å²) in [6.45, 7) is 2.46. The van der Waals surface area contributed by atoms with Gasteiger partial charge in [0, 0.05) is 17.8 Å². The average molecular weight is 235 g/mol. The number of carbonyl (C=O) groups is 2. The summed E-state index contributed by atoms with van der Waals surface area (Å²) in [7, 11) is 0. The van der Waals surface area contributed by atoms with Crippen molar-refractivity contribution in [3.8, 4) is 5.75 Å². The summed E-state index contributed by atoms with van der Waals surface area (Å²) in [5.41, 5.74) is 0.577. The second-order valence-electron chi connectivity index (χ2n) is 3.12. The van der Waals surface area contributed by atoms with Crippen molar-refractivity contribution in [1.82, 2.24) is 0 Å².